The molecule has 0 saturated carbocycles. The summed E-state index contributed by atoms with van der Waals surface area (Å²) in [4.78, 5) is 29.9. The molecule has 0 aliphatic carbocycles. The van der Waals surface area contributed by atoms with Gasteiger partial charge in [-0.15, -0.1) is 0 Å². The van der Waals surface area contributed by atoms with Crippen molar-refractivity contribution in [1.82, 2.24) is 15.6 Å². The van der Waals surface area contributed by atoms with Gasteiger partial charge in [-0.1, -0.05) is 29.8 Å². The number of alkyl halides is 3. The summed E-state index contributed by atoms with van der Waals surface area (Å²) in [6.45, 7) is 2.29. The summed E-state index contributed by atoms with van der Waals surface area (Å²) in [5, 5.41) is 7.19. The lowest BCUT2D eigenvalue weighted by molar-refractivity contribution is -0.137. The van der Waals surface area contributed by atoms with Crippen LogP contribution in [0.1, 0.15) is 48.3 Å². The first-order chi connectivity index (χ1) is 20.7. The van der Waals surface area contributed by atoms with Crippen LogP contribution in [0.25, 0.3) is 22.1 Å². The maximum Gasteiger partial charge on any atom is 0.419 e. The van der Waals surface area contributed by atoms with Gasteiger partial charge < -0.3 is 14.6 Å². The molecule has 2 N–H and O–H groups in total. The van der Waals surface area contributed by atoms with Crippen molar-refractivity contribution < 1.29 is 27.2 Å². The molecule has 7 nitrogen and oxygen atoms in total. The van der Waals surface area contributed by atoms with Gasteiger partial charge in [-0.25, -0.2) is 4.98 Å². The van der Waals surface area contributed by atoms with E-state index >= 15 is 0 Å². The van der Waals surface area contributed by atoms with E-state index in [0.717, 1.165) is 42.0 Å². The number of pyridine rings is 1. The summed E-state index contributed by atoms with van der Waals surface area (Å²) < 4.78 is 47.9. The molecule has 43 heavy (non-hydrogen) atoms. The number of carbonyl (C=O) groups excluding carboxylic acids is 2. The molecule has 2 aliphatic rings. The van der Waals surface area contributed by atoms with Crippen LogP contribution in [0.4, 0.5) is 19.0 Å². The fraction of sp³-hybridized carbons (Fsp3) is 0.344. The van der Waals surface area contributed by atoms with E-state index in [1.807, 2.05) is 18.2 Å². The molecule has 2 saturated heterocycles. The molecule has 6 rings (SSSR count). The highest BCUT2D eigenvalue weighted by Crippen LogP contribution is 2.39. The van der Waals surface area contributed by atoms with Gasteiger partial charge >= 0.3 is 6.18 Å². The van der Waals surface area contributed by atoms with Gasteiger partial charge in [0.05, 0.1) is 17.7 Å². The Hall–Kier alpha value is -3.89. The number of anilines is 1. The Balaban J connectivity index is 1.07. The SMILES string of the molecule is O=C1CCC(c2coc3ccc(CNCC4CCN(c5ncc(-c6cccc(Cl)c6)cc5C(F)(F)F)CC4)cc23)C(=O)N1. The van der Waals surface area contributed by atoms with Crippen molar-refractivity contribution in [2.24, 2.45) is 5.92 Å². The molecule has 0 bridgehead atoms. The lowest BCUT2D eigenvalue weighted by atomic mass is 9.90. The number of halogens is 4. The van der Waals surface area contributed by atoms with E-state index in [1.165, 1.54) is 6.20 Å². The van der Waals surface area contributed by atoms with Crippen LogP contribution in [0.3, 0.4) is 0 Å². The first-order valence-electron chi connectivity index (χ1n) is 14.3. The highest BCUT2D eigenvalue weighted by Gasteiger charge is 2.37. The van der Waals surface area contributed by atoms with E-state index in [2.05, 4.69) is 15.6 Å². The normalized spacial score (nSPS) is 18.3. The Kier molecular flexibility index (Phi) is 8.15. The molecular formula is C32H30ClF3N4O3. The van der Waals surface area contributed by atoms with Crippen molar-refractivity contribution in [3.8, 4) is 11.1 Å². The largest absolute Gasteiger partial charge is 0.464 e. The number of benzene rings is 2. The number of carbonyl (C=O) groups is 2. The average molecular weight is 611 g/mol. The summed E-state index contributed by atoms with van der Waals surface area (Å²) in [5.41, 5.74) is 2.70. The van der Waals surface area contributed by atoms with Crippen LogP contribution < -0.4 is 15.5 Å². The van der Waals surface area contributed by atoms with E-state index in [-0.39, 0.29) is 17.6 Å². The fourth-order valence-electron chi connectivity index (χ4n) is 5.98. The first kappa shape index (κ1) is 29.2. The predicted octanol–water partition coefficient (Wildman–Crippen LogP) is 6.69. The molecule has 4 aromatic rings. The number of hydrogen-bond donors (Lipinski definition) is 2. The quantitative estimate of drug-likeness (QED) is 0.227. The van der Waals surface area contributed by atoms with Crippen LogP contribution >= 0.6 is 11.6 Å². The van der Waals surface area contributed by atoms with E-state index in [4.69, 9.17) is 16.0 Å². The molecule has 1 unspecified atom stereocenters. The minimum Gasteiger partial charge on any atom is -0.464 e. The summed E-state index contributed by atoms with van der Waals surface area (Å²) in [6, 6.07) is 13.7. The second-order valence-electron chi connectivity index (χ2n) is 11.2. The van der Waals surface area contributed by atoms with Crippen LogP contribution in [0, 0.1) is 5.92 Å². The molecule has 2 aromatic carbocycles. The zero-order valence-corrected chi connectivity index (χ0v) is 24.0. The average Bonchev–Trinajstić information content (AvgIpc) is 3.40. The monoisotopic (exact) mass is 610 g/mol. The second kappa shape index (κ2) is 12.0. The summed E-state index contributed by atoms with van der Waals surface area (Å²) in [5.74, 6) is -0.706. The molecule has 0 radical (unpaired) electrons. The molecule has 11 heteroatoms. The Morgan fingerprint density at radius 2 is 1.86 bits per heavy atom. The Bertz CT molecular complexity index is 1660. The number of furan rings is 1. The third kappa shape index (κ3) is 6.40. The lowest BCUT2D eigenvalue weighted by Gasteiger charge is -2.34. The van der Waals surface area contributed by atoms with Crippen LogP contribution in [-0.2, 0) is 22.3 Å². The number of fused-ring (bicyclic) bond motifs is 1. The highest BCUT2D eigenvalue weighted by atomic mass is 35.5. The Labute approximate surface area is 251 Å². The molecule has 2 aromatic heterocycles. The van der Waals surface area contributed by atoms with Crippen LogP contribution in [0.2, 0.25) is 5.02 Å². The molecule has 1 atom stereocenters. The van der Waals surface area contributed by atoms with E-state index in [0.29, 0.717) is 60.1 Å². The Morgan fingerprint density at radius 3 is 2.60 bits per heavy atom. The van der Waals surface area contributed by atoms with Gasteiger partial charge in [0.2, 0.25) is 11.8 Å². The van der Waals surface area contributed by atoms with Gasteiger partial charge in [0, 0.05) is 53.8 Å². The van der Waals surface area contributed by atoms with Crippen molar-refractivity contribution in [3.05, 3.63) is 82.7 Å². The minimum absolute atomic E-state index is 0.0371. The van der Waals surface area contributed by atoms with Crippen LogP contribution in [-0.4, -0.2) is 36.4 Å². The van der Waals surface area contributed by atoms with Gasteiger partial charge in [-0.3, -0.25) is 14.9 Å². The van der Waals surface area contributed by atoms with E-state index < -0.39 is 17.7 Å². The summed E-state index contributed by atoms with van der Waals surface area (Å²) in [7, 11) is 0. The van der Waals surface area contributed by atoms with Gasteiger partial charge in [-0.05, 0) is 73.2 Å². The maximum atomic E-state index is 14.1. The minimum atomic E-state index is -4.54. The van der Waals surface area contributed by atoms with Crippen molar-refractivity contribution in [2.45, 2.75) is 44.3 Å². The molecule has 4 heterocycles. The van der Waals surface area contributed by atoms with Gasteiger partial charge in [0.25, 0.3) is 0 Å². The number of imide groups is 1. The van der Waals surface area contributed by atoms with Crippen molar-refractivity contribution in [3.63, 3.8) is 0 Å². The molecule has 224 valence electrons. The number of nitrogens with one attached hydrogen (secondary N) is 2. The number of hydrogen-bond acceptors (Lipinski definition) is 6. The standard InChI is InChI=1S/C32H30ClF3N4O3/c33-23-3-1-2-21(13-23)22-14-27(32(34,35)36)30(38-17-22)40-10-8-19(9-11-40)15-37-16-20-4-6-28-25(12-20)26(18-43-28)24-5-7-29(41)39-31(24)42/h1-4,6,12-14,17-19,24,37H,5,7-11,15-16H2,(H,39,41,42). The lowest BCUT2D eigenvalue weighted by Crippen LogP contribution is -2.39. The topological polar surface area (TPSA) is 87.5 Å². The zero-order chi connectivity index (χ0) is 30.1. The fourth-order valence-corrected chi connectivity index (χ4v) is 6.17. The number of nitrogens with zero attached hydrogens (tertiary/aromatic N) is 2. The van der Waals surface area contributed by atoms with Crippen molar-refractivity contribution in [2.75, 3.05) is 24.5 Å². The number of piperidine rings is 2. The van der Waals surface area contributed by atoms with Gasteiger partial charge in [-0.2, -0.15) is 13.2 Å². The molecular weight excluding hydrogens is 581 g/mol. The zero-order valence-electron chi connectivity index (χ0n) is 23.2. The van der Waals surface area contributed by atoms with Crippen LogP contribution in [0.15, 0.2) is 65.4 Å². The number of aromatic nitrogens is 1. The molecule has 2 fully saturated rings. The maximum absolute atomic E-state index is 14.1. The summed E-state index contributed by atoms with van der Waals surface area (Å²) in [6.07, 6.45) is 0.762. The van der Waals surface area contributed by atoms with Crippen molar-refractivity contribution >= 4 is 40.2 Å². The summed E-state index contributed by atoms with van der Waals surface area (Å²) >= 11 is 6.04. The highest BCUT2D eigenvalue weighted by molar-refractivity contribution is 6.30. The van der Waals surface area contributed by atoms with E-state index in [9.17, 15) is 22.8 Å². The number of rotatable bonds is 7. The second-order valence-corrected chi connectivity index (χ2v) is 11.6. The molecule has 2 aliphatic heterocycles. The van der Waals surface area contributed by atoms with Gasteiger partial charge in [0.1, 0.15) is 11.4 Å². The van der Waals surface area contributed by atoms with Crippen molar-refractivity contribution in [1.29, 1.82) is 0 Å². The van der Waals surface area contributed by atoms with Gasteiger partial charge in [0.15, 0.2) is 0 Å². The number of amides is 2. The Morgan fingerprint density at radius 1 is 1.05 bits per heavy atom. The third-order valence-corrected chi connectivity index (χ3v) is 8.52. The van der Waals surface area contributed by atoms with Crippen LogP contribution in [0.5, 0.6) is 0 Å². The molecule has 2 amide bonds. The first-order valence-corrected chi connectivity index (χ1v) is 14.7. The molecule has 0 spiro atoms. The third-order valence-electron chi connectivity index (χ3n) is 8.29. The smallest absolute Gasteiger partial charge is 0.419 e. The predicted molar refractivity (Wildman–Crippen MR) is 158 cm³/mol. The van der Waals surface area contributed by atoms with E-state index in [1.54, 1.807) is 35.4 Å².